The number of phenols is 1. The summed E-state index contributed by atoms with van der Waals surface area (Å²) in [5.41, 5.74) is 0.381. The number of phenolic OH excluding ortho intramolecular Hbond substituents is 1. The smallest absolute Gasteiger partial charge is 0.161 e. The number of carbonyl (C=O) groups excluding carboxylic acids is 2. The van der Waals surface area contributed by atoms with E-state index < -0.39 is 16.4 Å². The molecule has 0 bridgehead atoms. The lowest BCUT2D eigenvalue weighted by Crippen LogP contribution is -2.40. The van der Waals surface area contributed by atoms with Crippen LogP contribution in [0.1, 0.15) is 77.8 Å². The second kappa shape index (κ2) is 10.3. The molecule has 5 nitrogen and oxygen atoms in total. The van der Waals surface area contributed by atoms with Gasteiger partial charge in [-0.15, -0.1) is 0 Å². The molecule has 0 heterocycles. The zero-order valence-electron chi connectivity index (χ0n) is 21.2. The van der Waals surface area contributed by atoms with E-state index in [9.17, 15) is 19.8 Å². The summed E-state index contributed by atoms with van der Waals surface area (Å²) in [6.45, 7) is 11.0. The summed E-state index contributed by atoms with van der Waals surface area (Å²) < 4.78 is 5.29. The van der Waals surface area contributed by atoms with E-state index in [1.807, 2.05) is 39.8 Å². The van der Waals surface area contributed by atoms with Gasteiger partial charge in [0, 0.05) is 23.8 Å². The normalized spacial score (nSPS) is 23.8. The minimum Gasteiger partial charge on any atom is -0.507 e. The number of aryl methyl sites for hydroxylation is 1. The van der Waals surface area contributed by atoms with Crippen molar-refractivity contribution in [3.63, 3.8) is 0 Å². The van der Waals surface area contributed by atoms with Gasteiger partial charge in [0.05, 0.1) is 12.7 Å². The van der Waals surface area contributed by atoms with Gasteiger partial charge in [0.2, 0.25) is 0 Å². The number of hydrogen-bond acceptors (Lipinski definition) is 5. The number of rotatable bonds is 10. The number of ether oxygens (including phenoxy) is 1. The maximum Gasteiger partial charge on any atom is 0.161 e. The summed E-state index contributed by atoms with van der Waals surface area (Å²) in [4.78, 5) is 26.0. The van der Waals surface area contributed by atoms with Crippen molar-refractivity contribution in [2.75, 3.05) is 7.11 Å². The third-order valence-electron chi connectivity index (χ3n) is 7.25. The van der Waals surface area contributed by atoms with Gasteiger partial charge in [-0.05, 0) is 76.1 Å². The van der Waals surface area contributed by atoms with Crippen molar-refractivity contribution >= 4 is 11.6 Å². The molecule has 0 spiro atoms. The van der Waals surface area contributed by atoms with Crippen LogP contribution < -0.4 is 4.74 Å². The Morgan fingerprint density at radius 2 is 1.88 bits per heavy atom. The van der Waals surface area contributed by atoms with Gasteiger partial charge >= 0.3 is 0 Å². The van der Waals surface area contributed by atoms with Crippen LogP contribution >= 0.6 is 0 Å². The Kier molecular flexibility index (Phi) is 8.34. The van der Waals surface area contributed by atoms with Crippen molar-refractivity contribution in [2.24, 2.45) is 10.8 Å². The van der Waals surface area contributed by atoms with Crippen molar-refractivity contribution in [2.45, 2.75) is 85.7 Å². The zero-order chi connectivity index (χ0) is 25.0. The SMILES string of the molecule is COc1cc(C)c(O)c(C/C=C(\C)CC(=O)C[C@]2(C)CCC[C@]2(C)C(=O)/C=C/C(C)(C)O)c1. The highest BCUT2D eigenvalue weighted by Crippen LogP contribution is 2.55. The van der Waals surface area contributed by atoms with Crippen LogP contribution in [0.5, 0.6) is 11.5 Å². The maximum absolute atomic E-state index is 13.0. The van der Waals surface area contributed by atoms with Crippen LogP contribution in [0.3, 0.4) is 0 Å². The highest BCUT2D eigenvalue weighted by atomic mass is 16.5. The zero-order valence-corrected chi connectivity index (χ0v) is 21.2. The van der Waals surface area contributed by atoms with E-state index in [0.29, 0.717) is 25.0 Å². The van der Waals surface area contributed by atoms with Crippen LogP contribution in [0.25, 0.3) is 0 Å². The lowest BCUT2D eigenvalue weighted by molar-refractivity contribution is -0.131. The number of carbonyl (C=O) groups is 2. The average molecular weight is 457 g/mol. The molecule has 1 saturated carbocycles. The van der Waals surface area contributed by atoms with Gasteiger partial charge in [-0.2, -0.15) is 0 Å². The molecular weight excluding hydrogens is 416 g/mol. The van der Waals surface area contributed by atoms with Gasteiger partial charge in [0.25, 0.3) is 0 Å². The fourth-order valence-corrected chi connectivity index (χ4v) is 4.83. The first kappa shape index (κ1) is 26.8. The largest absolute Gasteiger partial charge is 0.507 e. The first-order valence-electron chi connectivity index (χ1n) is 11.7. The topological polar surface area (TPSA) is 83.8 Å². The number of hydrogen-bond donors (Lipinski definition) is 2. The summed E-state index contributed by atoms with van der Waals surface area (Å²) in [6.07, 6.45) is 8.66. The van der Waals surface area contributed by atoms with Gasteiger partial charge in [-0.1, -0.05) is 38.0 Å². The molecule has 2 atom stereocenters. The Bertz CT molecular complexity index is 950. The van der Waals surface area contributed by atoms with Gasteiger partial charge < -0.3 is 14.9 Å². The molecular formula is C28H40O5. The predicted molar refractivity (Wildman–Crippen MR) is 132 cm³/mol. The van der Waals surface area contributed by atoms with Crippen molar-refractivity contribution < 1.29 is 24.5 Å². The van der Waals surface area contributed by atoms with Crippen molar-refractivity contribution in [3.05, 3.63) is 47.1 Å². The average Bonchev–Trinajstić information content (AvgIpc) is 3.01. The molecule has 2 N–H and O–H groups in total. The number of methoxy groups -OCH3 is 1. The molecule has 0 aromatic heterocycles. The van der Waals surface area contributed by atoms with Crippen molar-refractivity contribution in [1.29, 1.82) is 0 Å². The highest BCUT2D eigenvalue weighted by molar-refractivity contribution is 5.96. The molecule has 1 fully saturated rings. The van der Waals surface area contributed by atoms with E-state index >= 15 is 0 Å². The molecule has 1 aromatic carbocycles. The number of benzene rings is 1. The van der Waals surface area contributed by atoms with Gasteiger partial charge in [-0.3, -0.25) is 9.59 Å². The van der Waals surface area contributed by atoms with Crippen LogP contribution in [-0.2, 0) is 16.0 Å². The quantitative estimate of drug-likeness (QED) is 0.352. The molecule has 0 unspecified atom stereocenters. The Morgan fingerprint density at radius 3 is 2.48 bits per heavy atom. The maximum atomic E-state index is 13.0. The molecule has 1 aliphatic rings. The van der Waals surface area contributed by atoms with E-state index in [1.54, 1.807) is 27.0 Å². The van der Waals surface area contributed by atoms with Crippen LogP contribution in [0.15, 0.2) is 35.9 Å². The molecule has 0 aliphatic heterocycles. The summed E-state index contributed by atoms with van der Waals surface area (Å²) in [5, 5.41) is 20.3. The van der Waals surface area contributed by atoms with Crippen molar-refractivity contribution in [3.8, 4) is 11.5 Å². The van der Waals surface area contributed by atoms with E-state index in [4.69, 9.17) is 4.74 Å². The molecule has 2 rings (SSSR count). The first-order valence-corrected chi connectivity index (χ1v) is 11.7. The lowest BCUT2D eigenvalue weighted by atomic mass is 9.63. The molecule has 182 valence electrons. The predicted octanol–water partition coefficient (Wildman–Crippen LogP) is 5.64. The van der Waals surface area contributed by atoms with Gasteiger partial charge in [0.1, 0.15) is 17.3 Å². The summed E-state index contributed by atoms with van der Waals surface area (Å²) in [6, 6.07) is 3.60. The molecule has 5 heteroatoms. The molecule has 1 aromatic rings. The number of aliphatic hydroxyl groups is 1. The number of Topliss-reactive ketones (excluding diaryl/α,β-unsaturated/α-hetero) is 1. The van der Waals surface area contributed by atoms with Crippen LogP contribution in [0.2, 0.25) is 0 Å². The third kappa shape index (κ3) is 6.57. The minimum atomic E-state index is -1.05. The molecule has 1 aliphatic carbocycles. The van der Waals surface area contributed by atoms with E-state index in [0.717, 1.165) is 36.0 Å². The van der Waals surface area contributed by atoms with E-state index in [2.05, 4.69) is 0 Å². The standard InChI is InChI=1S/C28H40O5/c1-19(9-10-21-17-23(33-7)16-20(2)25(21)31)15-22(29)18-27(5)12-8-13-28(27,6)24(30)11-14-26(3,4)32/h9,11,14,16-17,31-32H,8,10,12-13,15,18H2,1-7H3/b14-11+,19-9+/t27-,28+/m0/s1. The van der Waals surface area contributed by atoms with Gasteiger partial charge in [0.15, 0.2) is 5.78 Å². The molecule has 0 saturated heterocycles. The highest BCUT2D eigenvalue weighted by Gasteiger charge is 2.52. The third-order valence-corrected chi connectivity index (χ3v) is 7.25. The second-order valence-electron chi connectivity index (χ2n) is 10.7. The number of ketones is 2. The lowest BCUT2D eigenvalue weighted by Gasteiger charge is -2.39. The first-order chi connectivity index (χ1) is 15.2. The summed E-state index contributed by atoms with van der Waals surface area (Å²) in [5.74, 6) is 1.04. The minimum absolute atomic E-state index is 0.0199. The van der Waals surface area contributed by atoms with E-state index in [1.165, 1.54) is 12.2 Å². The van der Waals surface area contributed by atoms with Crippen LogP contribution in [0, 0.1) is 17.8 Å². The summed E-state index contributed by atoms with van der Waals surface area (Å²) >= 11 is 0. The molecule has 0 amide bonds. The second-order valence-corrected chi connectivity index (χ2v) is 10.7. The summed E-state index contributed by atoms with van der Waals surface area (Å²) in [7, 11) is 1.60. The fraction of sp³-hybridized carbons (Fsp3) is 0.571. The van der Waals surface area contributed by atoms with Gasteiger partial charge in [-0.25, -0.2) is 0 Å². The Morgan fingerprint density at radius 1 is 1.21 bits per heavy atom. The number of allylic oxidation sites excluding steroid dienone is 3. The fourth-order valence-electron chi connectivity index (χ4n) is 4.83. The molecule has 0 radical (unpaired) electrons. The Balaban J connectivity index is 2.09. The Hall–Kier alpha value is -2.40. The van der Waals surface area contributed by atoms with Crippen molar-refractivity contribution in [1.82, 2.24) is 0 Å². The monoisotopic (exact) mass is 456 g/mol. The van der Waals surface area contributed by atoms with Crippen LogP contribution in [0.4, 0.5) is 0 Å². The Labute approximate surface area is 198 Å². The van der Waals surface area contributed by atoms with Crippen LogP contribution in [-0.4, -0.2) is 34.5 Å². The number of aromatic hydroxyl groups is 1. The molecule has 33 heavy (non-hydrogen) atoms. The van der Waals surface area contributed by atoms with E-state index in [-0.39, 0.29) is 17.3 Å².